The van der Waals surface area contributed by atoms with Gasteiger partial charge in [0.1, 0.15) is 0 Å². The second-order valence-electron chi connectivity index (χ2n) is 19.5. The van der Waals surface area contributed by atoms with Crippen LogP contribution in [0.2, 0.25) is 0 Å². The van der Waals surface area contributed by atoms with Crippen molar-refractivity contribution >= 4 is 70.4 Å². The molecule has 65 heavy (non-hydrogen) atoms. The Labute approximate surface area is 386 Å². The summed E-state index contributed by atoms with van der Waals surface area (Å²) in [5.41, 5.74) is 17.0. The van der Waals surface area contributed by atoms with E-state index in [4.69, 9.17) is 0 Å². The highest BCUT2D eigenvalue weighted by Crippen LogP contribution is 2.43. The first-order valence-corrected chi connectivity index (χ1v) is 23.6. The van der Waals surface area contributed by atoms with Crippen molar-refractivity contribution in [2.75, 3.05) is 4.90 Å². The van der Waals surface area contributed by atoms with E-state index in [1.165, 1.54) is 86.5 Å². The Bertz CT molecular complexity index is 3460. The Hall–Kier alpha value is -7.20. The first-order valence-electron chi connectivity index (χ1n) is 22.7. The van der Waals surface area contributed by atoms with E-state index in [1.54, 1.807) is 0 Å². The molecule has 2 heterocycles. The Kier molecular flexibility index (Phi) is 9.86. The molecule has 0 saturated carbocycles. The second-order valence-corrected chi connectivity index (χ2v) is 20.5. The quantitative estimate of drug-likeness (QED) is 0.155. The van der Waals surface area contributed by atoms with Gasteiger partial charge in [-0.05, 0) is 134 Å². The van der Waals surface area contributed by atoms with Crippen molar-refractivity contribution in [3.8, 4) is 39.1 Å². The summed E-state index contributed by atoms with van der Waals surface area (Å²) < 4.78 is 5.10. The molecule has 0 spiro atoms. The van der Waals surface area contributed by atoms with Crippen LogP contribution in [0.4, 0.5) is 17.1 Å². The average molecular weight is 857 g/mol. The summed E-state index contributed by atoms with van der Waals surface area (Å²) >= 11 is 1.87. The maximum atomic E-state index is 2.45. The van der Waals surface area contributed by atoms with Crippen LogP contribution in [0.1, 0.15) is 52.7 Å². The minimum Gasteiger partial charge on any atom is -0.311 e. The van der Waals surface area contributed by atoms with Gasteiger partial charge in [0.05, 0.1) is 11.0 Å². The standard InChI is InChI=1S/C62H52N2S/c1-61(2,3)45-25-31-49(32-26-45)63(50-33-27-46(28-34-50)62(4,5)6)48-29-20-41(21-30-48)51-16-10-11-17-52(51)44-23-36-54-53-35-22-43(39-57(53)64(58(54)40-44)47-14-8-7-9-15-47)42-24-37-60-56(38-42)55-18-12-13-19-59(55)65-60/h7-40H,1-6H3. The van der Waals surface area contributed by atoms with Crippen LogP contribution >= 0.6 is 11.3 Å². The molecule has 0 fully saturated rings. The number of thiophene rings is 1. The fourth-order valence-electron chi connectivity index (χ4n) is 9.57. The lowest BCUT2D eigenvalue weighted by Crippen LogP contribution is -2.14. The molecule has 0 atom stereocenters. The van der Waals surface area contributed by atoms with Crippen LogP contribution in [-0.2, 0) is 10.8 Å². The van der Waals surface area contributed by atoms with Gasteiger partial charge in [-0.15, -0.1) is 11.3 Å². The van der Waals surface area contributed by atoms with Crippen LogP contribution in [0, 0.1) is 0 Å². The Balaban J connectivity index is 0.996. The lowest BCUT2D eigenvalue weighted by Gasteiger charge is -2.28. The lowest BCUT2D eigenvalue weighted by atomic mass is 9.86. The average Bonchev–Trinajstić information content (AvgIpc) is 3.86. The van der Waals surface area contributed by atoms with Crippen molar-refractivity contribution in [3.63, 3.8) is 0 Å². The first-order chi connectivity index (χ1) is 31.5. The van der Waals surface area contributed by atoms with Gasteiger partial charge in [-0.1, -0.05) is 169 Å². The predicted molar refractivity (Wildman–Crippen MR) is 282 cm³/mol. The van der Waals surface area contributed by atoms with Crippen LogP contribution < -0.4 is 4.90 Å². The number of anilines is 3. The summed E-state index contributed by atoms with van der Waals surface area (Å²) in [6.45, 7) is 13.6. The predicted octanol–water partition coefficient (Wildman–Crippen LogP) is 18.2. The van der Waals surface area contributed by atoms with Gasteiger partial charge in [0, 0.05) is 53.7 Å². The monoisotopic (exact) mass is 856 g/mol. The minimum absolute atomic E-state index is 0.0786. The molecular formula is C62H52N2S. The van der Waals surface area contributed by atoms with Gasteiger partial charge >= 0.3 is 0 Å². The van der Waals surface area contributed by atoms with Crippen LogP contribution in [0.5, 0.6) is 0 Å². The minimum atomic E-state index is 0.0786. The number of para-hydroxylation sites is 1. The van der Waals surface area contributed by atoms with Crippen molar-refractivity contribution in [3.05, 3.63) is 217 Å². The topological polar surface area (TPSA) is 8.17 Å². The van der Waals surface area contributed by atoms with E-state index in [9.17, 15) is 0 Å². The summed E-state index contributed by atoms with van der Waals surface area (Å²) in [7, 11) is 0. The number of hydrogen-bond acceptors (Lipinski definition) is 2. The summed E-state index contributed by atoms with van der Waals surface area (Å²) in [6, 6.07) is 76.6. The van der Waals surface area contributed by atoms with Gasteiger partial charge in [0.15, 0.2) is 0 Å². The Morgan fingerprint density at radius 2 is 0.800 bits per heavy atom. The third kappa shape index (κ3) is 7.40. The second kappa shape index (κ2) is 15.8. The number of nitrogens with zero attached hydrogens (tertiary/aromatic N) is 2. The third-order valence-corrected chi connectivity index (χ3v) is 14.3. The zero-order chi connectivity index (χ0) is 44.5. The van der Waals surface area contributed by atoms with Crippen molar-refractivity contribution in [1.82, 2.24) is 4.57 Å². The number of benzene rings is 9. The molecule has 0 radical (unpaired) electrons. The van der Waals surface area contributed by atoms with Gasteiger partial charge in [0.25, 0.3) is 0 Å². The van der Waals surface area contributed by atoms with Gasteiger partial charge in [-0.2, -0.15) is 0 Å². The third-order valence-electron chi connectivity index (χ3n) is 13.1. The number of rotatable bonds is 7. The van der Waals surface area contributed by atoms with Gasteiger partial charge < -0.3 is 9.47 Å². The van der Waals surface area contributed by atoms with E-state index in [2.05, 4.69) is 257 Å². The molecule has 0 aliphatic rings. The van der Waals surface area contributed by atoms with E-state index in [0.29, 0.717) is 0 Å². The molecule has 0 N–H and O–H groups in total. The lowest BCUT2D eigenvalue weighted by molar-refractivity contribution is 0.590. The van der Waals surface area contributed by atoms with Crippen LogP contribution in [-0.4, -0.2) is 4.57 Å². The summed E-state index contributed by atoms with van der Waals surface area (Å²) in [4.78, 5) is 2.37. The molecule has 0 saturated heterocycles. The molecule has 0 bridgehead atoms. The fraction of sp³-hybridized carbons (Fsp3) is 0.129. The van der Waals surface area contributed by atoms with Crippen molar-refractivity contribution in [1.29, 1.82) is 0 Å². The van der Waals surface area contributed by atoms with Crippen LogP contribution in [0.25, 0.3) is 81.0 Å². The SMILES string of the molecule is CC(C)(C)c1ccc(N(c2ccc(-c3ccccc3-c3ccc4c5ccc(-c6ccc7sc8ccccc8c7c6)cc5n(-c5ccccc5)c4c3)cc2)c2ccc(C(C)(C)C)cc2)cc1. The summed E-state index contributed by atoms with van der Waals surface area (Å²) in [5, 5.41) is 5.13. The van der Waals surface area contributed by atoms with Crippen molar-refractivity contribution in [2.45, 2.75) is 52.4 Å². The molecular weight excluding hydrogens is 805 g/mol. The Morgan fingerprint density at radius 3 is 1.40 bits per heavy atom. The van der Waals surface area contributed by atoms with Gasteiger partial charge in [0.2, 0.25) is 0 Å². The first kappa shape index (κ1) is 40.6. The van der Waals surface area contributed by atoms with E-state index < -0.39 is 0 Å². The molecule has 2 aromatic heterocycles. The van der Waals surface area contributed by atoms with Gasteiger partial charge in [-0.3, -0.25) is 0 Å². The van der Waals surface area contributed by atoms with Crippen LogP contribution in [0.15, 0.2) is 206 Å². The van der Waals surface area contributed by atoms with Crippen molar-refractivity contribution in [2.24, 2.45) is 0 Å². The molecule has 11 rings (SSSR count). The number of fused-ring (bicyclic) bond motifs is 6. The van der Waals surface area contributed by atoms with E-state index >= 15 is 0 Å². The maximum Gasteiger partial charge on any atom is 0.0547 e. The molecule has 9 aromatic carbocycles. The van der Waals surface area contributed by atoms with Crippen LogP contribution in [0.3, 0.4) is 0 Å². The summed E-state index contributed by atoms with van der Waals surface area (Å²) in [5.74, 6) is 0. The zero-order valence-electron chi connectivity index (χ0n) is 37.9. The molecule has 11 aromatic rings. The zero-order valence-corrected chi connectivity index (χ0v) is 38.7. The number of hydrogen-bond donors (Lipinski definition) is 0. The highest BCUT2D eigenvalue weighted by Gasteiger charge is 2.20. The maximum absolute atomic E-state index is 2.45. The molecule has 0 aliphatic heterocycles. The molecule has 0 unspecified atom stereocenters. The molecule has 2 nitrogen and oxygen atoms in total. The fourth-order valence-corrected chi connectivity index (χ4v) is 10.7. The number of aromatic nitrogens is 1. The normalized spacial score (nSPS) is 12.2. The molecule has 0 amide bonds. The highest BCUT2D eigenvalue weighted by molar-refractivity contribution is 7.25. The molecule has 3 heteroatoms. The molecule has 0 aliphatic carbocycles. The largest absolute Gasteiger partial charge is 0.311 e. The van der Waals surface area contributed by atoms with E-state index in [-0.39, 0.29) is 10.8 Å². The smallest absolute Gasteiger partial charge is 0.0547 e. The Morgan fingerprint density at radius 1 is 0.354 bits per heavy atom. The van der Waals surface area contributed by atoms with Crippen molar-refractivity contribution < 1.29 is 0 Å². The highest BCUT2D eigenvalue weighted by atomic mass is 32.1. The molecule has 316 valence electrons. The van der Waals surface area contributed by atoms with E-state index in [0.717, 1.165) is 22.7 Å². The summed E-state index contributed by atoms with van der Waals surface area (Å²) in [6.07, 6.45) is 0. The van der Waals surface area contributed by atoms with Gasteiger partial charge in [-0.25, -0.2) is 0 Å². The van der Waals surface area contributed by atoms with E-state index in [1.807, 2.05) is 11.3 Å².